The van der Waals surface area contributed by atoms with Crippen molar-refractivity contribution in [2.45, 2.75) is 56.6 Å². The fourth-order valence-corrected chi connectivity index (χ4v) is 4.84. The van der Waals surface area contributed by atoms with Crippen molar-refractivity contribution in [2.24, 2.45) is 0 Å². The van der Waals surface area contributed by atoms with E-state index >= 15 is 0 Å². The summed E-state index contributed by atoms with van der Waals surface area (Å²) in [5, 5.41) is 7.80. The monoisotopic (exact) mass is 311 g/mol. The molecule has 1 aliphatic heterocycles. The van der Waals surface area contributed by atoms with Crippen LogP contribution >= 0.6 is 11.8 Å². The number of aromatic nitrogens is 2. The maximum Gasteiger partial charge on any atom is 0.232 e. The second kappa shape index (κ2) is 6.67. The second-order valence-electron chi connectivity index (χ2n) is 6.02. The summed E-state index contributed by atoms with van der Waals surface area (Å²) in [6, 6.07) is 0.443. The lowest BCUT2D eigenvalue weighted by atomic mass is 9.84. The maximum atomic E-state index is 5.81. The van der Waals surface area contributed by atoms with E-state index in [2.05, 4.69) is 17.4 Å². The van der Waals surface area contributed by atoms with E-state index in [1.807, 2.05) is 11.8 Å². The minimum atomic E-state index is -0.320. The van der Waals surface area contributed by atoms with Crippen LogP contribution in [0.4, 0.5) is 0 Å². The van der Waals surface area contributed by atoms with E-state index < -0.39 is 0 Å². The Morgan fingerprint density at radius 3 is 2.86 bits per heavy atom. The van der Waals surface area contributed by atoms with Crippen molar-refractivity contribution < 1.29 is 9.26 Å². The molecule has 1 saturated carbocycles. The van der Waals surface area contributed by atoms with Crippen LogP contribution in [0.2, 0.25) is 0 Å². The fourth-order valence-electron chi connectivity index (χ4n) is 3.47. The van der Waals surface area contributed by atoms with Gasteiger partial charge in [-0.15, -0.1) is 0 Å². The van der Waals surface area contributed by atoms with E-state index in [0.29, 0.717) is 12.0 Å². The van der Waals surface area contributed by atoms with Crippen LogP contribution in [0.25, 0.3) is 0 Å². The molecule has 2 aliphatic rings. The molecular formula is C15H25N3O2S. The SMILES string of the molecule is CCNC1CSCC1c1nc(C2(OC)CCCCC2)no1. The highest BCUT2D eigenvalue weighted by molar-refractivity contribution is 7.99. The molecule has 6 heteroatoms. The zero-order chi connectivity index (χ0) is 14.7. The van der Waals surface area contributed by atoms with Gasteiger partial charge in [-0.3, -0.25) is 0 Å². The summed E-state index contributed by atoms with van der Waals surface area (Å²) in [4.78, 5) is 4.74. The van der Waals surface area contributed by atoms with Crippen molar-refractivity contribution in [3.8, 4) is 0 Å². The second-order valence-corrected chi connectivity index (χ2v) is 7.10. The number of nitrogens with one attached hydrogen (secondary N) is 1. The van der Waals surface area contributed by atoms with Crippen molar-refractivity contribution >= 4 is 11.8 Å². The lowest BCUT2D eigenvalue weighted by Gasteiger charge is -2.32. The summed E-state index contributed by atoms with van der Waals surface area (Å²) in [6.07, 6.45) is 5.63. The molecule has 118 valence electrons. The predicted octanol–water partition coefficient (Wildman–Crippen LogP) is 2.68. The fraction of sp³-hybridized carbons (Fsp3) is 0.867. The van der Waals surface area contributed by atoms with Gasteiger partial charge in [0, 0.05) is 24.7 Å². The van der Waals surface area contributed by atoms with E-state index in [4.69, 9.17) is 14.2 Å². The Morgan fingerprint density at radius 1 is 1.33 bits per heavy atom. The van der Waals surface area contributed by atoms with Crippen LogP contribution in [0.1, 0.15) is 56.7 Å². The van der Waals surface area contributed by atoms with Crippen LogP contribution in [0, 0.1) is 0 Å². The molecule has 1 N–H and O–H groups in total. The number of ether oxygens (including phenoxy) is 1. The Kier molecular flexibility index (Phi) is 4.86. The summed E-state index contributed by atoms with van der Waals surface area (Å²) in [5.74, 6) is 4.04. The molecule has 0 bridgehead atoms. The summed E-state index contributed by atoms with van der Waals surface area (Å²) in [6.45, 7) is 3.12. The summed E-state index contributed by atoms with van der Waals surface area (Å²) in [5.41, 5.74) is -0.320. The summed E-state index contributed by atoms with van der Waals surface area (Å²) >= 11 is 1.95. The number of methoxy groups -OCH3 is 1. The minimum Gasteiger partial charge on any atom is -0.370 e. The van der Waals surface area contributed by atoms with E-state index in [1.165, 1.54) is 19.3 Å². The molecule has 0 spiro atoms. The van der Waals surface area contributed by atoms with Crippen molar-refractivity contribution in [2.75, 3.05) is 25.2 Å². The topological polar surface area (TPSA) is 60.2 Å². The lowest BCUT2D eigenvalue weighted by molar-refractivity contribution is -0.0527. The Morgan fingerprint density at radius 2 is 2.14 bits per heavy atom. The van der Waals surface area contributed by atoms with Gasteiger partial charge in [-0.25, -0.2) is 0 Å². The van der Waals surface area contributed by atoms with Crippen molar-refractivity contribution in [1.29, 1.82) is 0 Å². The van der Waals surface area contributed by atoms with Crippen LogP contribution < -0.4 is 5.32 Å². The van der Waals surface area contributed by atoms with Gasteiger partial charge < -0.3 is 14.6 Å². The molecule has 1 aliphatic carbocycles. The van der Waals surface area contributed by atoms with Crippen LogP contribution in [-0.4, -0.2) is 41.3 Å². The molecule has 0 aromatic carbocycles. The molecule has 0 radical (unpaired) electrons. The molecule has 5 nitrogen and oxygen atoms in total. The van der Waals surface area contributed by atoms with Gasteiger partial charge in [0.25, 0.3) is 0 Å². The van der Waals surface area contributed by atoms with Crippen molar-refractivity contribution in [3.05, 3.63) is 11.7 Å². The lowest BCUT2D eigenvalue weighted by Crippen LogP contribution is -2.34. The Hall–Kier alpha value is -0.590. The average molecular weight is 311 g/mol. The smallest absolute Gasteiger partial charge is 0.232 e. The third-order valence-electron chi connectivity index (χ3n) is 4.77. The minimum absolute atomic E-state index is 0.320. The quantitative estimate of drug-likeness (QED) is 0.902. The molecular weight excluding hydrogens is 286 g/mol. The molecule has 3 rings (SSSR count). The van der Waals surface area contributed by atoms with Crippen LogP contribution in [0.3, 0.4) is 0 Å². The zero-order valence-corrected chi connectivity index (χ0v) is 13.7. The van der Waals surface area contributed by atoms with E-state index in [9.17, 15) is 0 Å². The first kappa shape index (κ1) is 15.3. The third kappa shape index (κ3) is 2.98. The van der Waals surface area contributed by atoms with Crippen LogP contribution in [-0.2, 0) is 10.3 Å². The Labute approximate surface area is 130 Å². The first-order chi connectivity index (χ1) is 10.3. The first-order valence-corrected chi connectivity index (χ1v) is 9.15. The summed E-state index contributed by atoms with van der Waals surface area (Å²) < 4.78 is 11.4. The highest BCUT2D eigenvalue weighted by Gasteiger charge is 2.40. The van der Waals surface area contributed by atoms with Gasteiger partial charge in [0.2, 0.25) is 11.7 Å². The number of likely N-dealkylation sites (N-methyl/N-ethyl adjacent to an activating group) is 1. The largest absolute Gasteiger partial charge is 0.370 e. The molecule has 1 aromatic heterocycles. The van der Waals surface area contributed by atoms with E-state index in [-0.39, 0.29) is 5.60 Å². The number of nitrogens with zero attached hydrogens (tertiary/aromatic N) is 2. The number of hydrogen-bond acceptors (Lipinski definition) is 6. The third-order valence-corrected chi connectivity index (χ3v) is 5.95. The number of hydrogen-bond donors (Lipinski definition) is 1. The van der Waals surface area contributed by atoms with Gasteiger partial charge in [-0.1, -0.05) is 31.3 Å². The molecule has 21 heavy (non-hydrogen) atoms. The van der Waals surface area contributed by atoms with Gasteiger partial charge in [0.05, 0.1) is 5.92 Å². The maximum absolute atomic E-state index is 5.81. The molecule has 1 saturated heterocycles. The van der Waals surface area contributed by atoms with Gasteiger partial charge in [0.1, 0.15) is 5.60 Å². The van der Waals surface area contributed by atoms with Crippen LogP contribution in [0.15, 0.2) is 4.52 Å². The molecule has 2 heterocycles. The molecule has 0 amide bonds. The highest BCUT2D eigenvalue weighted by atomic mass is 32.2. The van der Waals surface area contributed by atoms with Crippen molar-refractivity contribution in [1.82, 2.24) is 15.5 Å². The van der Waals surface area contributed by atoms with Gasteiger partial charge in [-0.05, 0) is 19.4 Å². The average Bonchev–Trinajstić information content (AvgIpc) is 3.17. The number of rotatable bonds is 5. The van der Waals surface area contributed by atoms with E-state index in [1.54, 1.807) is 7.11 Å². The molecule has 2 fully saturated rings. The molecule has 1 aromatic rings. The Balaban J connectivity index is 1.79. The van der Waals surface area contributed by atoms with Crippen LogP contribution in [0.5, 0.6) is 0 Å². The predicted molar refractivity (Wildman–Crippen MR) is 83.6 cm³/mol. The zero-order valence-electron chi connectivity index (χ0n) is 12.9. The molecule has 2 unspecified atom stereocenters. The van der Waals surface area contributed by atoms with Gasteiger partial charge in [-0.2, -0.15) is 16.7 Å². The van der Waals surface area contributed by atoms with Crippen molar-refractivity contribution in [3.63, 3.8) is 0 Å². The van der Waals surface area contributed by atoms with Gasteiger partial charge in [0.15, 0.2) is 0 Å². The Bertz CT molecular complexity index is 460. The highest BCUT2D eigenvalue weighted by Crippen LogP contribution is 2.40. The first-order valence-electron chi connectivity index (χ1n) is 7.99. The number of thioether (sulfide) groups is 1. The summed E-state index contributed by atoms with van der Waals surface area (Å²) in [7, 11) is 1.77. The molecule has 2 atom stereocenters. The normalized spacial score (nSPS) is 28.9. The van der Waals surface area contributed by atoms with Gasteiger partial charge >= 0.3 is 0 Å². The standard InChI is InChI=1S/C15H25N3O2S/c1-3-16-12-10-21-9-11(12)13-17-14(18-20-13)15(19-2)7-5-4-6-8-15/h11-12,16H,3-10H2,1-2H3. The van der Waals surface area contributed by atoms with E-state index in [0.717, 1.165) is 42.6 Å².